The molecule has 18 heavy (non-hydrogen) atoms. The fourth-order valence-electron chi connectivity index (χ4n) is 1.03. The molecule has 102 valence electrons. The Bertz CT molecular complexity index is 413. The lowest BCUT2D eigenvalue weighted by Gasteiger charge is -2.05. The van der Waals surface area contributed by atoms with Crippen LogP contribution in [0.4, 0.5) is 5.82 Å². The molecule has 0 amide bonds. The Hall–Kier alpha value is -1.01. The maximum Gasteiger partial charge on any atom is 0.328 e. The van der Waals surface area contributed by atoms with Crippen LogP contribution in [0.25, 0.3) is 6.08 Å². The first-order valence-electron chi connectivity index (χ1n) is 4.64. The smallest absolute Gasteiger partial charge is 0.328 e. The molecular formula is C10H14Cl3N3O2. The number of pyridine rings is 1. The van der Waals surface area contributed by atoms with E-state index in [9.17, 15) is 4.79 Å². The number of carboxylic acids is 1. The number of carbonyl (C=O) groups is 1. The topological polar surface area (TPSA) is 88.2 Å². The van der Waals surface area contributed by atoms with Crippen molar-refractivity contribution in [2.75, 3.05) is 18.4 Å². The first-order valence-corrected chi connectivity index (χ1v) is 5.01. The zero-order valence-electron chi connectivity index (χ0n) is 9.30. The van der Waals surface area contributed by atoms with Gasteiger partial charge in [0.2, 0.25) is 0 Å². The molecule has 1 rings (SSSR count). The number of nitrogens with zero attached hydrogens (tertiary/aromatic N) is 1. The van der Waals surface area contributed by atoms with Crippen LogP contribution in [-0.4, -0.2) is 29.1 Å². The van der Waals surface area contributed by atoms with Gasteiger partial charge in [-0.2, -0.15) is 0 Å². The number of anilines is 1. The third kappa shape index (κ3) is 6.66. The summed E-state index contributed by atoms with van der Waals surface area (Å²) in [4.78, 5) is 14.4. The maximum absolute atomic E-state index is 10.3. The first kappa shape index (κ1) is 19.3. The summed E-state index contributed by atoms with van der Waals surface area (Å²) in [6.45, 7) is 1.07. The number of hydrogen-bond donors (Lipinski definition) is 3. The van der Waals surface area contributed by atoms with Gasteiger partial charge in [-0.15, -0.1) is 24.8 Å². The van der Waals surface area contributed by atoms with E-state index in [-0.39, 0.29) is 24.8 Å². The molecule has 0 bridgehead atoms. The average Bonchev–Trinajstić information content (AvgIpc) is 2.25. The predicted molar refractivity (Wildman–Crippen MR) is 78.0 cm³/mol. The second-order valence-electron chi connectivity index (χ2n) is 2.99. The minimum Gasteiger partial charge on any atom is -0.478 e. The molecule has 0 saturated heterocycles. The van der Waals surface area contributed by atoms with Gasteiger partial charge in [-0.05, 0) is 17.7 Å². The van der Waals surface area contributed by atoms with Gasteiger partial charge in [0.15, 0.2) is 0 Å². The Morgan fingerprint density at radius 2 is 2.22 bits per heavy atom. The Labute approximate surface area is 122 Å². The van der Waals surface area contributed by atoms with E-state index in [1.54, 1.807) is 6.07 Å². The summed E-state index contributed by atoms with van der Waals surface area (Å²) in [5, 5.41) is 11.8. The van der Waals surface area contributed by atoms with E-state index in [0.29, 0.717) is 29.5 Å². The monoisotopic (exact) mass is 313 g/mol. The summed E-state index contributed by atoms with van der Waals surface area (Å²) in [6.07, 6.45) is 3.98. The highest BCUT2D eigenvalue weighted by Gasteiger charge is 2.01. The van der Waals surface area contributed by atoms with Crippen molar-refractivity contribution in [1.29, 1.82) is 0 Å². The minimum absolute atomic E-state index is 0. The molecule has 8 heteroatoms. The summed E-state index contributed by atoms with van der Waals surface area (Å²) in [6, 6.07) is 1.63. The van der Waals surface area contributed by atoms with E-state index < -0.39 is 5.97 Å². The van der Waals surface area contributed by atoms with E-state index in [2.05, 4.69) is 10.3 Å². The number of halogens is 3. The maximum atomic E-state index is 10.3. The number of hydrogen-bond acceptors (Lipinski definition) is 4. The molecule has 0 aliphatic rings. The van der Waals surface area contributed by atoms with Gasteiger partial charge in [0.25, 0.3) is 0 Å². The van der Waals surface area contributed by atoms with Crippen LogP contribution >= 0.6 is 36.4 Å². The van der Waals surface area contributed by atoms with Gasteiger partial charge in [0.1, 0.15) is 5.82 Å². The van der Waals surface area contributed by atoms with Gasteiger partial charge in [-0.3, -0.25) is 0 Å². The Balaban J connectivity index is 0. The van der Waals surface area contributed by atoms with Crippen molar-refractivity contribution < 1.29 is 9.90 Å². The highest BCUT2D eigenvalue weighted by Crippen LogP contribution is 2.20. The summed E-state index contributed by atoms with van der Waals surface area (Å²) in [5.41, 5.74) is 5.96. The van der Waals surface area contributed by atoms with Crippen LogP contribution in [-0.2, 0) is 4.79 Å². The molecular weight excluding hydrogens is 300 g/mol. The highest BCUT2D eigenvalue weighted by atomic mass is 35.5. The molecule has 0 unspecified atom stereocenters. The molecule has 0 spiro atoms. The summed E-state index contributed by atoms with van der Waals surface area (Å²) in [7, 11) is 0. The highest BCUT2D eigenvalue weighted by molar-refractivity contribution is 6.33. The van der Waals surface area contributed by atoms with Crippen molar-refractivity contribution in [2.45, 2.75) is 0 Å². The molecule has 0 atom stereocenters. The van der Waals surface area contributed by atoms with Gasteiger partial charge in [0, 0.05) is 25.4 Å². The first-order chi connectivity index (χ1) is 7.63. The number of carboxylic acid groups (broad SMARTS) is 1. The SMILES string of the molecule is Cl.Cl.NCCNc1ncc(/C=C/C(=O)O)cc1Cl. The third-order valence-corrected chi connectivity index (χ3v) is 2.01. The van der Waals surface area contributed by atoms with Crippen LogP contribution in [0, 0.1) is 0 Å². The molecule has 1 aromatic heterocycles. The largest absolute Gasteiger partial charge is 0.478 e. The molecule has 4 N–H and O–H groups in total. The molecule has 0 aliphatic carbocycles. The number of nitrogens with one attached hydrogen (secondary N) is 1. The van der Waals surface area contributed by atoms with Crippen LogP contribution < -0.4 is 11.1 Å². The van der Waals surface area contributed by atoms with Gasteiger partial charge < -0.3 is 16.2 Å². The molecule has 0 aliphatic heterocycles. The lowest BCUT2D eigenvalue weighted by Crippen LogP contribution is -2.14. The second kappa shape index (κ2) is 9.96. The van der Waals surface area contributed by atoms with E-state index >= 15 is 0 Å². The van der Waals surface area contributed by atoms with Crippen molar-refractivity contribution >= 4 is 54.3 Å². The third-order valence-electron chi connectivity index (χ3n) is 1.72. The Morgan fingerprint density at radius 1 is 1.56 bits per heavy atom. The Morgan fingerprint density at radius 3 is 2.72 bits per heavy atom. The zero-order valence-corrected chi connectivity index (χ0v) is 11.7. The second-order valence-corrected chi connectivity index (χ2v) is 3.39. The number of rotatable bonds is 5. The molecule has 0 radical (unpaired) electrons. The minimum atomic E-state index is -1.01. The molecule has 1 aromatic rings. The zero-order chi connectivity index (χ0) is 12.0. The average molecular weight is 315 g/mol. The lowest BCUT2D eigenvalue weighted by molar-refractivity contribution is -0.131. The van der Waals surface area contributed by atoms with Gasteiger partial charge in [-0.1, -0.05) is 11.6 Å². The Kier molecular flexibility index (Phi) is 10.7. The molecule has 0 aromatic carbocycles. The molecule has 0 saturated carbocycles. The molecule has 5 nitrogen and oxygen atoms in total. The molecule has 0 fully saturated rings. The lowest BCUT2D eigenvalue weighted by atomic mass is 10.2. The van der Waals surface area contributed by atoms with E-state index in [4.69, 9.17) is 22.4 Å². The summed E-state index contributed by atoms with van der Waals surface area (Å²) < 4.78 is 0. The quantitative estimate of drug-likeness (QED) is 0.724. The van der Waals surface area contributed by atoms with Crippen molar-refractivity contribution in [3.05, 3.63) is 28.9 Å². The van der Waals surface area contributed by atoms with Gasteiger partial charge in [0.05, 0.1) is 5.02 Å². The van der Waals surface area contributed by atoms with E-state index in [1.807, 2.05) is 0 Å². The van der Waals surface area contributed by atoms with Crippen LogP contribution in [0.5, 0.6) is 0 Å². The van der Waals surface area contributed by atoms with Crippen molar-refractivity contribution in [3.8, 4) is 0 Å². The van der Waals surface area contributed by atoms with Crippen LogP contribution in [0.15, 0.2) is 18.3 Å². The van der Waals surface area contributed by atoms with Crippen LogP contribution in [0.3, 0.4) is 0 Å². The summed E-state index contributed by atoms with van der Waals surface area (Å²) >= 11 is 5.93. The standard InChI is InChI=1S/C10H12ClN3O2.2ClH/c11-8-5-7(1-2-9(15)16)6-14-10(8)13-4-3-12;;/h1-2,5-6H,3-4,12H2,(H,13,14)(H,15,16);2*1H/b2-1+;;. The summed E-state index contributed by atoms with van der Waals surface area (Å²) in [5.74, 6) is -0.471. The van der Waals surface area contributed by atoms with Crippen molar-refractivity contribution in [2.24, 2.45) is 5.73 Å². The molecule has 1 heterocycles. The normalized spacial score (nSPS) is 9.44. The van der Waals surface area contributed by atoms with E-state index in [1.165, 1.54) is 12.3 Å². The fraction of sp³-hybridized carbons (Fsp3) is 0.200. The predicted octanol–water partition coefficient (Wildman–Crippen LogP) is 2.05. The van der Waals surface area contributed by atoms with Crippen molar-refractivity contribution in [3.63, 3.8) is 0 Å². The fourth-order valence-corrected chi connectivity index (χ4v) is 1.27. The van der Waals surface area contributed by atoms with Crippen LogP contribution in [0.2, 0.25) is 5.02 Å². The van der Waals surface area contributed by atoms with Crippen LogP contribution in [0.1, 0.15) is 5.56 Å². The number of aromatic nitrogens is 1. The number of aliphatic carboxylic acids is 1. The van der Waals surface area contributed by atoms with Crippen molar-refractivity contribution in [1.82, 2.24) is 4.98 Å². The number of nitrogens with two attached hydrogens (primary N) is 1. The van der Waals surface area contributed by atoms with E-state index in [0.717, 1.165) is 6.08 Å². The van der Waals surface area contributed by atoms with Gasteiger partial charge in [-0.25, -0.2) is 9.78 Å². The van der Waals surface area contributed by atoms with Gasteiger partial charge >= 0.3 is 5.97 Å².